The van der Waals surface area contributed by atoms with Gasteiger partial charge < -0.3 is 91.1 Å². The highest BCUT2D eigenvalue weighted by Crippen LogP contribution is 2.15. The van der Waals surface area contributed by atoms with Gasteiger partial charge in [-0.2, -0.15) is 0 Å². The number of guanidine groups is 1. The Bertz CT molecular complexity index is 3240. The summed E-state index contributed by atoms with van der Waals surface area (Å²) in [6, 6.07) is 8.06. The summed E-state index contributed by atoms with van der Waals surface area (Å²) >= 11 is 0. The van der Waals surface area contributed by atoms with Crippen LogP contribution in [-0.2, 0) is 83.2 Å². The predicted octanol–water partition coefficient (Wildman–Crippen LogP) is -2.08. The van der Waals surface area contributed by atoms with Gasteiger partial charge in [0.2, 0.25) is 59.1 Å². The number of phenolic OH excluding ortho intramolecular Hbond substituents is 1. The standard InChI is InChI=1S/C63H88N16O15/c1-33(2)24-44(56(88)71-42(18-13-23-69-63(66)67)55(87)72-43(53(65)85)26-36-14-9-7-10-15-36)74-57(89)45(27-37-16-11-8-12-17-37)76-61(93)51(34(3)4)78-59(91)46(28-39-31-68-32-70-39)75-58(90)47(29-49(81)82)77-62(94)52(35(5)6)79-60(92)48(30-50(83)84)73-54(86)41(64)25-38-19-21-40(80)22-20-38/h7-12,14-17,19-22,31-35,41-48,51-52,80H,13,18,23-30,64H2,1-6H3,(H2,65,85)(H,68,70)(H,71,88)(H,72,87)(H,73,86)(H,74,89)(H,75,90)(H,76,93)(H,77,94)(H,78,91)(H,79,92)(H,81,82)(H,83,84)(H4,66,67,69)/t41-,42-,43-,44-,45-,46-,47-,48-,51-,52-/m0/s1. The van der Waals surface area contributed by atoms with Gasteiger partial charge in [0, 0.05) is 37.7 Å². The number of nitrogens with one attached hydrogen (secondary N) is 10. The molecule has 0 radical (unpaired) electrons. The number of aromatic hydroxyl groups is 1. The molecule has 510 valence electrons. The van der Waals surface area contributed by atoms with Crippen molar-refractivity contribution in [3.05, 3.63) is 120 Å². The highest BCUT2D eigenvalue weighted by Gasteiger charge is 2.38. The Labute approximate surface area is 543 Å². The first-order valence-electron chi connectivity index (χ1n) is 30.5. The van der Waals surface area contributed by atoms with Crippen LogP contribution in [0.2, 0.25) is 0 Å². The Hall–Kier alpha value is -10.5. The van der Waals surface area contributed by atoms with Crippen LogP contribution in [0.3, 0.4) is 0 Å². The first kappa shape index (κ1) is 76.0. The Kier molecular flexibility index (Phi) is 30.5. The molecule has 10 amide bonds. The maximum Gasteiger partial charge on any atom is 0.305 e. The van der Waals surface area contributed by atoms with Crippen molar-refractivity contribution in [3.8, 4) is 5.75 Å². The van der Waals surface area contributed by atoms with Crippen molar-refractivity contribution in [1.29, 1.82) is 0 Å². The number of aliphatic imine (C=N–C) groups is 1. The summed E-state index contributed by atoms with van der Waals surface area (Å²) in [4.78, 5) is 175. The van der Waals surface area contributed by atoms with E-state index in [9.17, 15) is 72.9 Å². The van der Waals surface area contributed by atoms with Crippen LogP contribution < -0.4 is 70.8 Å². The number of aliphatic carboxylic acids is 2. The number of rotatable bonds is 39. The predicted molar refractivity (Wildman–Crippen MR) is 342 cm³/mol. The molecule has 3 aromatic carbocycles. The lowest BCUT2D eigenvalue weighted by atomic mass is 9.98. The van der Waals surface area contributed by atoms with Crippen molar-refractivity contribution in [2.75, 3.05) is 6.54 Å². The molecular formula is C63H88N16O15. The number of aromatic amines is 1. The van der Waals surface area contributed by atoms with Crippen LogP contribution in [0.4, 0.5) is 0 Å². The Morgan fingerprint density at radius 2 is 0.883 bits per heavy atom. The molecule has 0 aliphatic rings. The lowest BCUT2D eigenvalue weighted by molar-refractivity contribution is -0.142. The molecule has 0 unspecified atom stereocenters. The third-order valence-electron chi connectivity index (χ3n) is 14.6. The van der Waals surface area contributed by atoms with E-state index < -0.39 is 156 Å². The number of aromatic nitrogens is 2. The lowest BCUT2D eigenvalue weighted by Crippen LogP contribution is -2.62. The first-order chi connectivity index (χ1) is 44.4. The van der Waals surface area contributed by atoms with Crippen molar-refractivity contribution in [2.24, 2.45) is 45.7 Å². The van der Waals surface area contributed by atoms with Crippen LogP contribution in [0.15, 0.2) is 102 Å². The molecule has 10 atom stereocenters. The summed E-state index contributed by atoms with van der Waals surface area (Å²) in [6.45, 7) is 9.75. The van der Waals surface area contributed by atoms with E-state index in [0.717, 1.165) is 0 Å². The van der Waals surface area contributed by atoms with Gasteiger partial charge in [0.25, 0.3) is 0 Å². The number of hydrogen-bond donors (Lipinski definition) is 17. The van der Waals surface area contributed by atoms with Gasteiger partial charge in [0.05, 0.1) is 25.2 Å². The van der Waals surface area contributed by atoms with Crippen molar-refractivity contribution in [1.82, 2.24) is 57.8 Å². The zero-order chi connectivity index (χ0) is 69.8. The second kappa shape index (κ2) is 37.8. The average Bonchev–Trinajstić information content (AvgIpc) is 1.01. The van der Waals surface area contributed by atoms with Crippen LogP contribution in [0.25, 0.3) is 0 Å². The third kappa shape index (κ3) is 26.4. The lowest BCUT2D eigenvalue weighted by Gasteiger charge is -2.29. The van der Waals surface area contributed by atoms with E-state index in [-0.39, 0.29) is 74.8 Å². The van der Waals surface area contributed by atoms with E-state index in [4.69, 9.17) is 22.9 Å². The monoisotopic (exact) mass is 1310 g/mol. The summed E-state index contributed by atoms with van der Waals surface area (Å²) in [6.07, 6.45) is 0.221. The summed E-state index contributed by atoms with van der Waals surface area (Å²) in [5, 5.41) is 52.1. The first-order valence-corrected chi connectivity index (χ1v) is 30.5. The maximum atomic E-state index is 14.7. The molecule has 1 heterocycles. The number of nitrogens with zero attached hydrogens (tertiary/aromatic N) is 2. The van der Waals surface area contributed by atoms with Crippen molar-refractivity contribution >= 4 is 77.0 Å². The third-order valence-corrected chi connectivity index (χ3v) is 14.6. The Morgan fingerprint density at radius 1 is 0.479 bits per heavy atom. The molecule has 0 spiro atoms. The number of carboxylic acids is 2. The minimum absolute atomic E-state index is 0.0272. The molecule has 0 aliphatic carbocycles. The molecule has 0 saturated carbocycles. The topological polar surface area (TPSA) is 519 Å². The number of primary amides is 1. The summed E-state index contributed by atoms with van der Waals surface area (Å²) < 4.78 is 0. The molecule has 1 aromatic heterocycles. The number of carbonyl (C=O) groups is 12. The molecular weight excluding hydrogens is 1220 g/mol. The molecule has 0 fully saturated rings. The van der Waals surface area contributed by atoms with Gasteiger partial charge in [-0.15, -0.1) is 0 Å². The SMILES string of the molecule is CC(C)C[C@H](NC(=O)[C@H](Cc1ccccc1)NC(=O)[C@@H](NC(=O)[C@H](Cc1cnc[nH]1)NC(=O)[C@H](CC(=O)O)NC(=O)[C@@H](NC(=O)[C@H](CC(=O)O)NC(=O)[C@@H](N)Cc1ccc(O)cc1)C(C)C)C(C)C)C(=O)N[C@@H](CCCN=C(N)N)C(=O)N[C@@H](Cc1ccccc1)C(N)=O. The van der Waals surface area contributed by atoms with Gasteiger partial charge in [-0.3, -0.25) is 62.5 Å². The Balaban J connectivity index is 1.58. The molecule has 0 bridgehead atoms. The molecule has 4 aromatic rings. The molecule has 21 N–H and O–H groups in total. The highest BCUT2D eigenvalue weighted by atomic mass is 16.4. The fraction of sp³-hybridized carbons (Fsp3) is 0.460. The number of imidazole rings is 1. The number of amides is 10. The quantitative estimate of drug-likeness (QED) is 0.0130. The van der Waals surface area contributed by atoms with Crippen molar-refractivity contribution in [3.63, 3.8) is 0 Å². The maximum absolute atomic E-state index is 14.7. The van der Waals surface area contributed by atoms with Gasteiger partial charge in [-0.1, -0.05) is 114 Å². The number of H-pyrrole nitrogens is 1. The zero-order valence-electron chi connectivity index (χ0n) is 53.3. The summed E-state index contributed by atoms with van der Waals surface area (Å²) in [5.74, 6) is -14.7. The molecule has 31 nitrogen and oxygen atoms in total. The normalized spacial score (nSPS) is 14.3. The van der Waals surface area contributed by atoms with Crippen molar-refractivity contribution in [2.45, 2.75) is 160 Å². The molecule has 0 saturated heterocycles. The fourth-order valence-corrected chi connectivity index (χ4v) is 9.65. The molecule has 4 rings (SSSR count). The number of hydrogen-bond acceptors (Lipinski definition) is 16. The van der Waals surface area contributed by atoms with Gasteiger partial charge in [0.15, 0.2) is 5.96 Å². The van der Waals surface area contributed by atoms with E-state index in [1.54, 1.807) is 88.4 Å². The van der Waals surface area contributed by atoms with Gasteiger partial charge in [0.1, 0.15) is 60.1 Å². The second-order valence-corrected chi connectivity index (χ2v) is 23.7. The van der Waals surface area contributed by atoms with E-state index in [0.29, 0.717) is 16.7 Å². The van der Waals surface area contributed by atoms with Gasteiger partial charge in [-0.25, -0.2) is 4.98 Å². The largest absolute Gasteiger partial charge is 0.508 e. The van der Waals surface area contributed by atoms with Crippen molar-refractivity contribution < 1.29 is 72.9 Å². The van der Waals surface area contributed by atoms with Crippen LogP contribution in [-0.4, -0.2) is 169 Å². The Morgan fingerprint density at radius 3 is 1.36 bits per heavy atom. The fourth-order valence-electron chi connectivity index (χ4n) is 9.65. The van der Waals surface area contributed by atoms with Gasteiger partial charge in [-0.05, 0) is 72.3 Å². The average molecular weight is 1310 g/mol. The smallest absolute Gasteiger partial charge is 0.305 e. The van der Waals surface area contributed by atoms with E-state index in [1.807, 2.05) is 0 Å². The minimum Gasteiger partial charge on any atom is -0.508 e. The van der Waals surface area contributed by atoms with Crippen LogP contribution in [0.5, 0.6) is 5.75 Å². The zero-order valence-corrected chi connectivity index (χ0v) is 53.3. The molecule has 0 aliphatic heterocycles. The number of nitrogens with two attached hydrogens (primary N) is 4. The number of phenols is 1. The number of carboxylic acid groups (broad SMARTS) is 2. The second-order valence-electron chi connectivity index (χ2n) is 23.7. The highest BCUT2D eigenvalue weighted by molar-refractivity contribution is 6.00. The van der Waals surface area contributed by atoms with E-state index in [1.165, 1.54) is 50.6 Å². The van der Waals surface area contributed by atoms with E-state index >= 15 is 0 Å². The minimum atomic E-state index is -1.95. The molecule has 31 heteroatoms. The van der Waals surface area contributed by atoms with Crippen LogP contribution >= 0.6 is 0 Å². The number of carbonyl (C=O) groups excluding carboxylic acids is 10. The summed E-state index contributed by atoms with van der Waals surface area (Å²) in [5.41, 5.74) is 24.9. The van der Waals surface area contributed by atoms with Gasteiger partial charge >= 0.3 is 11.9 Å². The van der Waals surface area contributed by atoms with Crippen LogP contribution in [0.1, 0.15) is 96.0 Å². The number of benzene rings is 3. The summed E-state index contributed by atoms with van der Waals surface area (Å²) in [7, 11) is 0. The van der Waals surface area contributed by atoms with E-state index in [2.05, 4.69) is 62.8 Å². The van der Waals surface area contributed by atoms with Crippen LogP contribution in [0, 0.1) is 17.8 Å². The molecule has 94 heavy (non-hydrogen) atoms.